The molecule has 0 saturated heterocycles. The molecule has 0 bridgehead atoms. The number of carbonyl (C=O) groups excluding carboxylic acids is 1. The zero-order valence-corrected chi connectivity index (χ0v) is 35.6. The van der Waals surface area contributed by atoms with E-state index < -0.39 is 12.1 Å². The summed E-state index contributed by atoms with van der Waals surface area (Å²) >= 11 is 0. The lowest BCUT2D eigenvalue weighted by Crippen LogP contribution is -2.45. The summed E-state index contributed by atoms with van der Waals surface area (Å²) in [6, 6.07) is -0.615. The first-order valence-electron chi connectivity index (χ1n) is 23.9. The SMILES string of the molecule is CCCCCCCCCCCCCCCCCCCCCCCCCCCCCCC/C=C/C(O)C(CO)NC(=O)CCCCCCCCCCC. The van der Waals surface area contributed by atoms with Crippen molar-refractivity contribution in [3.8, 4) is 0 Å². The predicted octanol–water partition coefficient (Wildman–Crippen LogP) is 15.0. The van der Waals surface area contributed by atoms with E-state index in [0.29, 0.717) is 6.42 Å². The average molecular weight is 734 g/mol. The number of hydrogen-bond donors (Lipinski definition) is 3. The summed E-state index contributed by atoms with van der Waals surface area (Å²) < 4.78 is 0. The first-order chi connectivity index (χ1) is 25.7. The summed E-state index contributed by atoms with van der Waals surface area (Å²) in [4.78, 5) is 12.3. The third-order valence-electron chi connectivity index (χ3n) is 11.3. The Morgan fingerprint density at radius 1 is 0.442 bits per heavy atom. The van der Waals surface area contributed by atoms with E-state index in [2.05, 4.69) is 19.2 Å². The van der Waals surface area contributed by atoms with Crippen molar-refractivity contribution in [1.82, 2.24) is 5.32 Å². The van der Waals surface area contributed by atoms with E-state index >= 15 is 0 Å². The molecule has 3 N–H and O–H groups in total. The van der Waals surface area contributed by atoms with E-state index in [-0.39, 0.29) is 12.5 Å². The van der Waals surface area contributed by atoms with Gasteiger partial charge in [0.05, 0.1) is 18.8 Å². The van der Waals surface area contributed by atoms with Gasteiger partial charge in [-0.05, 0) is 19.3 Å². The molecule has 0 aliphatic heterocycles. The average Bonchev–Trinajstić information content (AvgIpc) is 3.15. The lowest BCUT2D eigenvalue weighted by molar-refractivity contribution is -0.123. The molecule has 310 valence electrons. The number of rotatable bonds is 44. The summed E-state index contributed by atoms with van der Waals surface area (Å²) in [7, 11) is 0. The van der Waals surface area contributed by atoms with Gasteiger partial charge >= 0.3 is 0 Å². The number of carbonyl (C=O) groups is 1. The quantitative estimate of drug-likeness (QED) is 0.0431. The van der Waals surface area contributed by atoms with E-state index in [9.17, 15) is 15.0 Å². The molecule has 0 fully saturated rings. The highest BCUT2D eigenvalue weighted by Gasteiger charge is 2.18. The number of unbranched alkanes of at least 4 members (excludes halogenated alkanes) is 37. The van der Waals surface area contributed by atoms with Gasteiger partial charge in [0.15, 0.2) is 0 Å². The summed E-state index contributed by atoms with van der Waals surface area (Å²) in [5.74, 6) is -0.0645. The van der Waals surface area contributed by atoms with Crippen LogP contribution < -0.4 is 5.32 Å². The van der Waals surface area contributed by atoms with Crippen molar-refractivity contribution in [3.05, 3.63) is 12.2 Å². The smallest absolute Gasteiger partial charge is 0.220 e. The second kappa shape index (κ2) is 44.5. The molecule has 52 heavy (non-hydrogen) atoms. The van der Waals surface area contributed by atoms with E-state index in [1.165, 1.54) is 225 Å². The second-order valence-electron chi connectivity index (χ2n) is 16.5. The van der Waals surface area contributed by atoms with Gasteiger partial charge in [0.2, 0.25) is 5.91 Å². The Morgan fingerprint density at radius 2 is 0.712 bits per heavy atom. The van der Waals surface area contributed by atoms with Crippen molar-refractivity contribution < 1.29 is 15.0 Å². The molecule has 0 radical (unpaired) electrons. The number of allylic oxidation sites excluding steroid dienone is 1. The summed E-state index contributed by atoms with van der Waals surface area (Å²) in [5.41, 5.74) is 0. The molecule has 0 aliphatic rings. The van der Waals surface area contributed by atoms with E-state index in [4.69, 9.17) is 0 Å². The van der Waals surface area contributed by atoms with Crippen LogP contribution in [0.1, 0.15) is 271 Å². The molecule has 0 aliphatic carbocycles. The van der Waals surface area contributed by atoms with Gasteiger partial charge in [-0.1, -0.05) is 257 Å². The first kappa shape index (κ1) is 51.1. The Kier molecular flexibility index (Phi) is 43.8. The summed E-state index contributed by atoms with van der Waals surface area (Å²) in [6.07, 6.45) is 56.5. The number of aliphatic hydroxyl groups is 2. The minimum Gasteiger partial charge on any atom is -0.394 e. The van der Waals surface area contributed by atoms with Crippen LogP contribution in [0.2, 0.25) is 0 Å². The Hall–Kier alpha value is -0.870. The van der Waals surface area contributed by atoms with Gasteiger partial charge in [-0.25, -0.2) is 0 Å². The van der Waals surface area contributed by atoms with Crippen molar-refractivity contribution >= 4 is 5.91 Å². The van der Waals surface area contributed by atoms with Crippen LogP contribution in [0.5, 0.6) is 0 Å². The molecule has 0 aromatic carbocycles. The van der Waals surface area contributed by atoms with E-state index in [1.54, 1.807) is 6.08 Å². The molecule has 1 amide bonds. The molecule has 0 spiro atoms. The Balaban J connectivity index is 3.39. The van der Waals surface area contributed by atoms with Gasteiger partial charge in [-0.15, -0.1) is 0 Å². The third kappa shape index (κ3) is 40.3. The molecule has 0 aromatic heterocycles. The fourth-order valence-electron chi connectivity index (χ4n) is 7.59. The van der Waals surface area contributed by atoms with Crippen molar-refractivity contribution in [2.45, 2.75) is 283 Å². The van der Waals surface area contributed by atoms with Gasteiger partial charge in [-0.2, -0.15) is 0 Å². The highest BCUT2D eigenvalue weighted by Crippen LogP contribution is 2.17. The maximum absolute atomic E-state index is 12.3. The van der Waals surface area contributed by atoms with Crippen molar-refractivity contribution in [3.63, 3.8) is 0 Å². The lowest BCUT2D eigenvalue weighted by Gasteiger charge is -2.20. The van der Waals surface area contributed by atoms with Gasteiger partial charge in [0, 0.05) is 6.42 Å². The second-order valence-corrected chi connectivity index (χ2v) is 16.5. The van der Waals surface area contributed by atoms with Gasteiger partial charge in [-0.3, -0.25) is 4.79 Å². The van der Waals surface area contributed by atoms with Crippen LogP contribution in [-0.2, 0) is 4.79 Å². The lowest BCUT2D eigenvalue weighted by atomic mass is 10.0. The number of hydrogen-bond acceptors (Lipinski definition) is 3. The van der Waals surface area contributed by atoms with Crippen LogP contribution in [0, 0.1) is 0 Å². The number of amides is 1. The van der Waals surface area contributed by atoms with Gasteiger partial charge in [0.25, 0.3) is 0 Å². The highest BCUT2D eigenvalue weighted by atomic mass is 16.3. The Labute approximate surface area is 327 Å². The fourth-order valence-corrected chi connectivity index (χ4v) is 7.59. The molecule has 0 heterocycles. The van der Waals surface area contributed by atoms with Crippen molar-refractivity contribution in [1.29, 1.82) is 0 Å². The molecule has 4 nitrogen and oxygen atoms in total. The van der Waals surface area contributed by atoms with E-state index in [0.717, 1.165) is 25.7 Å². The zero-order valence-electron chi connectivity index (χ0n) is 35.6. The van der Waals surface area contributed by atoms with Crippen LogP contribution in [0.15, 0.2) is 12.2 Å². The maximum atomic E-state index is 12.3. The standard InChI is InChI=1S/C48H95NO3/c1-3-5-7-9-11-13-14-15-16-17-18-19-20-21-22-23-24-25-26-27-28-29-30-31-32-33-34-36-37-39-41-43-47(51)46(45-50)49-48(52)44-42-40-38-35-12-10-8-6-4-2/h41,43,46-47,50-51H,3-40,42,44-45H2,1-2H3,(H,49,52)/b43-41+. The molecular formula is C48H95NO3. The third-order valence-corrected chi connectivity index (χ3v) is 11.3. The minimum absolute atomic E-state index is 0.0645. The topological polar surface area (TPSA) is 69.6 Å². The minimum atomic E-state index is -0.833. The highest BCUT2D eigenvalue weighted by molar-refractivity contribution is 5.76. The molecule has 0 aromatic rings. The Morgan fingerprint density at radius 3 is 1.00 bits per heavy atom. The zero-order chi connectivity index (χ0) is 37.8. The number of nitrogens with one attached hydrogen (secondary N) is 1. The molecule has 2 unspecified atom stereocenters. The Bertz CT molecular complexity index is 710. The van der Waals surface area contributed by atoms with Crippen LogP contribution >= 0.6 is 0 Å². The maximum Gasteiger partial charge on any atom is 0.220 e. The molecule has 0 saturated carbocycles. The predicted molar refractivity (Wildman–Crippen MR) is 230 cm³/mol. The van der Waals surface area contributed by atoms with Crippen molar-refractivity contribution in [2.75, 3.05) is 6.61 Å². The summed E-state index contributed by atoms with van der Waals surface area (Å²) in [5, 5.41) is 22.9. The monoisotopic (exact) mass is 734 g/mol. The largest absolute Gasteiger partial charge is 0.394 e. The normalized spacial score (nSPS) is 12.9. The van der Waals surface area contributed by atoms with Crippen LogP contribution in [0.3, 0.4) is 0 Å². The van der Waals surface area contributed by atoms with Crippen LogP contribution in [0.4, 0.5) is 0 Å². The molecule has 2 atom stereocenters. The van der Waals surface area contributed by atoms with Gasteiger partial charge in [0.1, 0.15) is 0 Å². The van der Waals surface area contributed by atoms with Crippen LogP contribution in [0.25, 0.3) is 0 Å². The van der Waals surface area contributed by atoms with Crippen molar-refractivity contribution in [2.24, 2.45) is 0 Å². The molecular weight excluding hydrogens is 639 g/mol. The van der Waals surface area contributed by atoms with Crippen LogP contribution in [-0.4, -0.2) is 34.9 Å². The van der Waals surface area contributed by atoms with E-state index in [1.807, 2.05) is 6.08 Å². The first-order valence-corrected chi connectivity index (χ1v) is 23.9. The molecule has 0 rings (SSSR count). The van der Waals surface area contributed by atoms with Gasteiger partial charge < -0.3 is 15.5 Å². The fraction of sp³-hybridized carbons (Fsp3) is 0.938. The molecule has 4 heteroatoms. The number of aliphatic hydroxyl groups excluding tert-OH is 2. The summed E-state index contributed by atoms with van der Waals surface area (Å²) in [6.45, 7) is 4.30.